The van der Waals surface area contributed by atoms with E-state index >= 15 is 0 Å². The summed E-state index contributed by atoms with van der Waals surface area (Å²) in [6, 6.07) is 4.03. The Morgan fingerprint density at radius 1 is 1.17 bits per heavy atom. The lowest BCUT2D eigenvalue weighted by Gasteiger charge is -1.99. The molecule has 0 aliphatic carbocycles. The van der Waals surface area contributed by atoms with Crippen molar-refractivity contribution in [1.82, 2.24) is 0 Å². The Morgan fingerprint density at radius 3 is 2.50 bits per heavy atom. The SMILES string of the molecule is Fc1ccc(CCCBr)cc1F. The van der Waals surface area contributed by atoms with E-state index in [9.17, 15) is 8.78 Å². The van der Waals surface area contributed by atoms with Crippen molar-refractivity contribution in [3.05, 3.63) is 35.4 Å². The fraction of sp³-hybridized carbons (Fsp3) is 0.333. The zero-order valence-corrected chi connectivity index (χ0v) is 8.07. The van der Waals surface area contributed by atoms with Crippen LogP contribution in [-0.2, 0) is 6.42 Å². The Morgan fingerprint density at radius 2 is 1.92 bits per heavy atom. The Hall–Kier alpha value is -0.440. The Bertz CT molecular complexity index is 261. The van der Waals surface area contributed by atoms with Crippen molar-refractivity contribution in [2.45, 2.75) is 12.8 Å². The quantitative estimate of drug-likeness (QED) is 0.705. The molecule has 0 atom stereocenters. The van der Waals surface area contributed by atoms with Gasteiger partial charge in [-0.15, -0.1) is 0 Å². The molecule has 0 saturated carbocycles. The average Bonchev–Trinajstić information content (AvgIpc) is 2.07. The van der Waals surface area contributed by atoms with E-state index in [1.807, 2.05) is 0 Å². The molecule has 0 nitrogen and oxygen atoms in total. The van der Waals surface area contributed by atoms with E-state index in [-0.39, 0.29) is 0 Å². The molecule has 0 aromatic heterocycles. The van der Waals surface area contributed by atoms with E-state index in [1.165, 1.54) is 12.1 Å². The number of benzene rings is 1. The summed E-state index contributed by atoms with van der Waals surface area (Å²) in [4.78, 5) is 0. The minimum absolute atomic E-state index is 0.762. The van der Waals surface area contributed by atoms with Gasteiger partial charge in [-0.05, 0) is 30.5 Å². The molecule has 1 rings (SSSR count). The minimum atomic E-state index is -0.780. The third-order valence-electron chi connectivity index (χ3n) is 1.58. The van der Waals surface area contributed by atoms with Crippen LogP contribution in [0.3, 0.4) is 0 Å². The topological polar surface area (TPSA) is 0 Å². The van der Waals surface area contributed by atoms with Gasteiger partial charge < -0.3 is 0 Å². The molecule has 0 spiro atoms. The number of hydrogen-bond donors (Lipinski definition) is 0. The van der Waals surface area contributed by atoms with Crippen molar-refractivity contribution >= 4 is 15.9 Å². The fourth-order valence-corrected chi connectivity index (χ4v) is 1.25. The highest BCUT2D eigenvalue weighted by atomic mass is 79.9. The number of alkyl halides is 1. The molecule has 0 fully saturated rings. The molecule has 1 aromatic rings. The first-order valence-electron chi connectivity index (χ1n) is 3.74. The predicted molar refractivity (Wildman–Crippen MR) is 48.5 cm³/mol. The van der Waals surface area contributed by atoms with Crippen LogP contribution in [0.15, 0.2) is 18.2 Å². The van der Waals surface area contributed by atoms with Crippen molar-refractivity contribution in [2.24, 2.45) is 0 Å². The molecule has 0 aliphatic heterocycles. The molecule has 1 aromatic carbocycles. The van der Waals surface area contributed by atoms with Crippen molar-refractivity contribution in [3.8, 4) is 0 Å². The second-order valence-electron chi connectivity index (χ2n) is 2.54. The van der Waals surface area contributed by atoms with Crippen LogP contribution in [0.25, 0.3) is 0 Å². The van der Waals surface area contributed by atoms with E-state index in [0.29, 0.717) is 0 Å². The molecule has 0 bridgehead atoms. The van der Waals surface area contributed by atoms with Crippen molar-refractivity contribution in [3.63, 3.8) is 0 Å². The van der Waals surface area contributed by atoms with Crippen LogP contribution in [0.1, 0.15) is 12.0 Å². The molecule has 3 heteroatoms. The molecular weight excluding hydrogens is 226 g/mol. The van der Waals surface area contributed by atoms with E-state index in [4.69, 9.17) is 0 Å². The van der Waals surface area contributed by atoms with Crippen LogP contribution < -0.4 is 0 Å². The van der Waals surface area contributed by atoms with Crippen molar-refractivity contribution in [1.29, 1.82) is 0 Å². The molecule has 0 radical (unpaired) electrons. The van der Waals surface area contributed by atoms with Gasteiger partial charge in [-0.25, -0.2) is 8.78 Å². The Kier molecular flexibility index (Phi) is 3.66. The first-order valence-corrected chi connectivity index (χ1v) is 4.86. The third kappa shape index (κ3) is 2.55. The fourth-order valence-electron chi connectivity index (χ4n) is 0.966. The van der Waals surface area contributed by atoms with Crippen LogP contribution in [0.4, 0.5) is 8.78 Å². The second-order valence-corrected chi connectivity index (χ2v) is 3.33. The second kappa shape index (κ2) is 4.55. The van der Waals surface area contributed by atoms with Gasteiger partial charge in [0.2, 0.25) is 0 Å². The first-order chi connectivity index (χ1) is 5.74. The highest BCUT2D eigenvalue weighted by Crippen LogP contribution is 2.10. The number of rotatable bonds is 3. The summed E-state index contributed by atoms with van der Waals surface area (Å²) in [5.74, 6) is -1.54. The standard InChI is InChI=1S/C9H9BrF2/c10-5-1-2-7-3-4-8(11)9(12)6-7/h3-4,6H,1-2,5H2. The van der Waals surface area contributed by atoms with Crippen LogP contribution in [0, 0.1) is 11.6 Å². The third-order valence-corrected chi connectivity index (χ3v) is 2.14. The monoisotopic (exact) mass is 234 g/mol. The van der Waals surface area contributed by atoms with Gasteiger partial charge in [0.1, 0.15) is 0 Å². The number of aryl methyl sites for hydroxylation is 1. The van der Waals surface area contributed by atoms with Gasteiger partial charge in [0.15, 0.2) is 11.6 Å². The highest BCUT2D eigenvalue weighted by Gasteiger charge is 2.01. The molecule has 12 heavy (non-hydrogen) atoms. The van der Waals surface area contributed by atoms with Gasteiger partial charge in [0.25, 0.3) is 0 Å². The van der Waals surface area contributed by atoms with Gasteiger partial charge in [0, 0.05) is 5.33 Å². The smallest absolute Gasteiger partial charge is 0.159 e. The normalized spacial score (nSPS) is 10.2. The summed E-state index contributed by atoms with van der Waals surface area (Å²) in [6.45, 7) is 0. The lowest BCUT2D eigenvalue weighted by molar-refractivity contribution is 0.507. The molecule has 0 N–H and O–H groups in total. The first kappa shape index (κ1) is 9.65. The molecular formula is C9H9BrF2. The molecule has 66 valence electrons. The summed E-state index contributed by atoms with van der Waals surface area (Å²) in [7, 11) is 0. The molecule has 0 amide bonds. The average molecular weight is 235 g/mol. The van der Waals surface area contributed by atoms with Gasteiger partial charge in [-0.1, -0.05) is 22.0 Å². The lowest BCUT2D eigenvalue weighted by atomic mass is 10.1. The maximum Gasteiger partial charge on any atom is 0.159 e. The summed E-state index contributed by atoms with van der Waals surface area (Å²) >= 11 is 3.27. The van der Waals surface area contributed by atoms with Crippen molar-refractivity contribution < 1.29 is 8.78 Å². The van der Waals surface area contributed by atoms with Crippen LogP contribution in [0.5, 0.6) is 0 Å². The molecule has 0 aliphatic rings. The summed E-state index contributed by atoms with van der Waals surface area (Å²) < 4.78 is 25.1. The molecule has 0 unspecified atom stereocenters. The maximum atomic E-state index is 12.6. The number of halogens is 3. The van der Waals surface area contributed by atoms with E-state index in [1.54, 1.807) is 6.07 Å². The predicted octanol–water partition coefficient (Wildman–Crippen LogP) is 3.29. The lowest BCUT2D eigenvalue weighted by Crippen LogP contribution is -1.90. The number of hydrogen-bond acceptors (Lipinski definition) is 0. The van der Waals surface area contributed by atoms with Gasteiger partial charge >= 0.3 is 0 Å². The van der Waals surface area contributed by atoms with Gasteiger partial charge in [0.05, 0.1) is 0 Å². The summed E-state index contributed by atoms with van der Waals surface area (Å²) in [5, 5.41) is 0.881. The highest BCUT2D eigenvalue weighted by molar-refractivity contribution is 9.09. The van der Waals surface area contributed by atoms with Crippen molar-refractivity contribution in [2.75, 3.05) is 5.33 Å². The molecule has 0 heterocycles. The maximum absolute atomic E-state index is 12.6. The van der Waals surface area contributed by atoms with Gasteiger partial charge in [-0.2, -0.15) is 0 Å². The van der Waals surface area contributed by atoms with Crippen LogP contribution >= 0.6 is 15.9 Å². The molecule has 0 saturated heterocycles. The van der Waals surface area contributed by atoms with Gasteiger partial charge in [-0.3, -0.25) is 0 Å². The minimum Gasteiger partial charge on any atom is -0.204 e. The Balaban J connectivity index is 2.69. The zero-order chi connectivity index (χ0) is 8.97. The van der Waals surface area contributed by atoms with Crippen LogP contribution in [0.2, 0.25) is 0 Å². The zero-order valence-electron chi connectivity index (χ0n) is 6.49. The largest absolute Gasteiger partial charge is 0.204 e. The van der Waals surface area contributed by atoms with E-state index in [0.717, 1.165) is 23.7 Å². The van der Waals surface area contributed by atoms with E-state index in [2.05, 4.69) is 15.9 Å². The summed E-state index contributed by atoms with van der Waals surface area (Å²) in [5.41, 5.74) is 0.841. The summed E-state index contributed by atoms with van der Waals surface area (Å²) in [6.07, 6.45) is 1.72. The van der Waals surface area contributed by atoms with Crippen LogP contribution in [-0.4, -0.2) is 5.33 Å². The Labute approximate surface area is 78.7 Å². The van der Waals surface area contributed by atoms with E-state index < -0.39 is 11.6 Å².